The topological polar surface area (TPSA) is 55.1 Å². The van der Waals surface area contributed by atoms with Gasteiger partial charge in [-0.25, -0.2) is 4.98 Å². The summed E-state index contributed by atoms with van der Waals surface area (Å²) in [7, 11) is 0. The third-order valence-electron chi connectivity index (χ3n) is 5.58. The molecular weight excluding hydrogens is 240 g/mol. The molecule has 0 aliphatic heterocycles. The van der Waals surface area contributed by atoms with Gasteiger partial charge in [0, 0.05) is 18.3 Å². The van der Waals surface area contributed by atoms with Crippen LogP contribution in [-0.2, 0) is 11.3 Å². The Balaban J connectivity index is 1.65. The Morgan fingerprint density at radius 2 is 1.84 bits per heavy atom. The number of hydrogen-bond donors (Lipinski definition) is 1. The van der Waals surface area contributed by atoms with E-state index in [9.17, 15) is 4.79 Å². The third kappa shape index (κ3) is 1.80. The quantitative estimate of drug-likeness (QED) is 0.908. The molecule has 102 valence electrons. The van der Waals surface area contributed by atoms with E-state index in [1.165, 1.54) is 32.1 Å². The van der Waals surface area contributed by atoms with Gasteiger partial charge in [0.25, 0.3) is 0 Å². The third-order valence-corrected chi connectivity index (χ3v) is 5.58. The summed E-state index contributed by atoms with van der Waals surface area (Å²) >= 11 is 0. The van der Waals surface area contributed by atoms with Gasteiger partial charge in [-0.15, -0.1) is 0 Å². The Hall–Kier alpha value is -1.32. The molecule has 0 unspecified atom stereocenters. The summed E-state index contributed by atoms with van der Waals surface area (Å²) in [4.78, 5) is 15.5. The van der Waals surface area contributed by atoms with E-state index >= 15 is 0 Å². The molecule has 0 atom stereocenters. The molecule has 1 N–H and O–H groups in total. The second-order valence-corrected chi connectivity index (χ2v) is 6.76. The molecule has 5 rings (SSSR count). The monoisotopic (exact) mass is 260 g/mol. The molecule has 1 heterocycles. The van der Waals surface area contributed by atoms with Crippen molar-refractivity contribution in [3.05, 3.63) is 18.2 Å². The molecule has 4 heteroatoms. The van der Waals surface area contributed by atoms with Crippen LogP contribution < -0.4 is 0 Å². The molecule has 0 amide bonds. The average molecular weight is 260 g/mol. The van der Waals surface area contributed by atoms with Crippen LogP contribution in [0.2, 0.25) is 0 Å². The molecule has 4 saturated carbocycles. The van der Waals surface area contributed by atoms with E-state index in [-0.39, 0.29) is 6.54 Å². The van der Waals surface area contributed by atoms with Crippen molar-refractivity contribution in [3.8, 4) is 0 Å². The van der Waals surface area contributed by atoms with Gasteiger partial charge in [-0.05, 0) is 55.8 Å². The average Bonchev–Trinajstić information content (AvgIpc) is 2.75. The summed E-state index contributed by atoms with van der Waals surface area (Å²) in [5, 5.41) is 9.01. The zero-order valence-corrected chi connectivity index (χ0v) is 11.0. The van der Waals surface area contributed by atoms with Crippen LogP contribution in [0.1, 0.15) is 43.8 Å². The Labute approximate surface area is 112 Å². The van der Waals surface area contributed by atoms with Gasteiger partial charge < -0.3 is 9.67 Å². The minimum absolute atomic E-state index is 0.0537. The maximum absolute atomic E-state index is 11.0. The van der Waals surface area contributed by atoms with Gasteiger partial charge >= 0.3 is 5.97 Å². The molecule has 4 nitrogen and oxygen atoms in total. The summed E-state index contributed by atoms with van der Waals surface area (Å²) in [5.74, 6) is 4.18. The molecule has 1 aromatic heterocycles. The van der Waals surface area contributed by atoms with Gasteiger partial charge in [0.05, 0.1) is 0 Å². The SMILES string of the molecule is O=C(O)Cn1ccnc1C1C2CC3CC(C2)CC1C3. The molecule has 4 bridgehead atoms. The van der Waals surface area contributed by atoms with E-state index < -0.39 is 5.97 Å². The van der Waals surface area contributed by atoms with E-state index in [2.05, 4.69) is 4.98 Å². The summed E-state index contributed by atoms with van der Waals surface area (Å²) in [5.41, 5.74) is 0. The van der Waals surface area contributed by atoms with E-state index in [0.29, 0.717) is 5.92 Å². The number of hydrogen-bond acceptors (Lipinski definition) is 2. The maximum atomic E-state index is 11.0. The number of carboxylic acids is 1. The lowest BCUT2D eigenvalue weighted by atomic mass is 9.51. The Morgan fingerprint density at radius 3 is 2.42 bits per heavy atom. The molecule has 4 fully saturated rings. The highest BCUT2D eigenvalue weighted by atomic mass is 16.4. The predicted octanol–water partition coefficient (Wildman–Crippen LogP) is 2.51. The smallest absolute Gasteiger partial charge is 0.323 e. The van der Waals surface area contributed by atoms with Crippen LogP contribution in [0.4, 0.5) is 0 Å². The highest BCUT2D eigenvalue weighted by Gasteiger charge is 2.49. The van der Waals surface area contributed by atoms with E-state index in [1.807, 2.05) is 10.8 Å². The largest absolute Gasteiger partial charge is 0.480 e. The Morgan fingerprint density at radius 1 is 1.21 bits per heavy atom. The summed E-state index contributed by atoms with van der Waals surface area (Å²) in [6.45, 7) is 0.0537. The predicted molar refractivity (Wildman–Crippen MR) is 69.6 cm³/mol. The first kappa shape index (κ1) is 11.5. The fourth-order valence-electron chi connectivity index (χ4n) is 5.24. The lowest BCUT2D eigenvalue weighted by Crippen LogP contribution is -2.44. The number of rotatable bonds is 3. The van der Waals surface area contributed by atoms with Crippen molar-refractivity contribution in [1.29, 1.82) is 0 Å². The van der Waals surface area contributed by atoms with Gasteiger partial charge in [0.2, 0.25) is 0 Å². The van der Waals surface area contributed by atoms with Crippen LogP contribution in [0.15, 0.2) is 12.4 Å². The molecule has 0 radical (unpaired) electrons. The van der Waals surface area contributed by atoms with Gasteiger partial charge in [-0.3, -0.25) is 4.79 Å². The normalized spacial score (nSPS) is 39.7. The number of nitrogens with zero attached hydrogens (tertiary/aromatic N) is 2. The number of imidazole rings is 1. The molecule has 0 spiro atoms. The molecular formula is C15H20N2O2. The first-order valence-corrected chi connectivity index (χ1v) is 7.43. The van der Waals surface area contributed by atoms with Crippen LogP contribution >= 0.6 is 0 Å². The fraction of sp³-hybridized carbons (Fsp3) is 0.733. The summed E-state index contributed by atoms with van der Waals surface area (Å²) < 4.78 is 1.86. The van der Waals surface area contributed by atoms with Crippen LogP contribution in [0.5, 0.6) is 0 Å². The second kappa shape index (κ2) is 4.09. The van der Waals surface area contributed by atoms with Gasteiger partial charge in [-0.1, -0.05) is 0 Å². The van der Waals surface area contributed by atoms with Crippen molar-refractivity contribution in [1.82, 2.24) is 9.55 Å². The number of aliphatic carboxylic acids is 1. The van der Waals surface area contributed by atoms with Gasteiger partial charge in [0.1, 0.15) is 12.4 Å². The van der Waals surface area contributed by atoms with Crippen LogP contribution in [-0.4, -0.2) is 20.6 Å². The van der Waals surface area contributed by atoms with Crippen molar-refractivity contribution < 1.29 is 9.90 Å². The maximum Gasteiger partial charge on any atom is 0.323 e. The zero-order chi connectivity index (χ0) is 13.0. The minimum atomic E-state index is -0.775. The van der Waals surface area contributed by atoms with Crippen LogP contribution in [0.25, 0.3) is 0 Å². The highest BCUT2D eigenvalue weighted by molar-refractivity contribution is 5.66. The molecule has 1 aromatic rings. The standard InChI is InChI=1S/C15H20N2O2/c18-13(19)8-17-2-1-16-15(17)14-11-4-9-3-10(6-11)7-12(14)5-9/h1-2,9-12,14H,3-8H2,(H,18,19). The fourth-order valence-corrected chi connectivity index (χ4v) is 5.24. The van der Waals surface area contributed by atoms with Crippen molar-refractivity contribution in [2.75, 3.05) is 0 Å². The van der Waals surface area contributed by atoms with Crippen molar-refractivity contribution >= 4 is 5.97 Å². The molecule has 4 aliphatic rings. The lowest BCUT2D eigenvalue weighted by molar-refractivity contribution is -0.137. The summed E-state index contributed by atoms with van der Waals surface area (Å²) in [6, 6.07) is 0. The number of carbonyl (C=O) groups is 1. The first-order valence-electron chi connectivity index (χ1n) is 7.43. The zero-order valence-electron chi connectivity index (χ0n) is 11.0. The van der Waals surface area contributed by atoms with Crippen molar-refractivity contribution in [2.24, 2.45) is 23.7 Å². The van der Waals surface area contributed by atoms with E-state index in [4.69, 9.17) is 5.11 Å². The number of carboxylic acid groups (broad SMARTS) is 1. The van der Waals surface area contributed by atoms with E-state index in [1.54, 1.807) is 6.20 Å². The second-order valence-electron chi connectivity index (χ2n) is 6.76. The molecule has 0 saturated heterocycles. The van der Waals surface area contributed by atoms with Gasteiger partial charge in [0.15, 0.2) is 0 Å². The highest BCUT2D eigenvalue weighted by Crippen LogP contribution is 2.59. The lowest BCUT2D eigenvalue weighted by Gasteiger charge is -2.54. The van der Waals surface area contributed by atoms with Crippen molar-refractivity contribution in [3.63, 3.8) is 0 Å². The van der Waals surface area contributed by atoms with Crippen molar-refractivity contribution in [2.45, 2.75) is 44.6 Å². The Kier molecular flexibility index (Phi) is 2.47. The number of aromatic nitrogens is 2. The Bertz CT molecular complexity index is 480. The summed E-state index contributed by atoms with van der Waals surface area (Å²) in [6.07, 6.45) is 10.4. The first-order chi connectivity index (χ1) is 9.20. The van der Waals surface area contributed by atoms with E-state index in [0.717, 1.165) is 29.5 Å². The molecule has 0 aromatic carbocycles. The molecule has 19 heavy (non-hydrogen) atoms. The van der Waals surface area contributed by atoms with Gasteiger partial charge in [-0.2, -0.15) is 0 Å². The van der Waals surface area contributed by atoms with Crippen LogP contribution in [0.3, 0.4) is 0 Å². The van der Waals surface area contributed by atoms with Crippen LogP contribution in [0, 0.1) is 23.7 Å². The minimum Gasteiger partial charge on any atom is -0.480 e. The molecule has 4 aliphatic carbocycles.